The summed E-state index contributed by atoms with van der Waals surface area (Å²) >= 11 is 1.31. The van der Waals surface area contributed by atoms with Crippen LogP contribution in [-0.4, -0.2) is 17.0 Å². The SMILES string of the molecule is C=C(C)CNc1snc(N)c1OC(C)C. The molecule has 0 unspecified atom stereocenters. The fourth-order valence-corrected chi connectivity index (χ4v) is 1.63. The summed E-state index contributed by atoms with van der Waals surface area (Å²) in [5, 5.41) is 4.06. The molecular formula is C10H17N3OS. The van der Waals surface area contributed by atoms with Crippen LogP contribution in [0.25, 0.3) is 0 Å². The second kappa shape index (κ2) is 5.02. The predicted molar refractivity (Wildman–Crippen MR) is 65.6 cm³/mol. The van der Waals surface area contributed by atoms with Crippen molar-refractivity contribution in [2.75, 3.05) is 17.6 Å². The van der Waals surface area contributed by atoms with Crippen LogP contribution in [0.4, 0.5) is 10.8 Å². The zero-order valence-corrected chi connectivity index (χ0v) is 10.1. The fourth-order valence-electron chi connectivity index (χ4n) is 0.987. The van der Waals surface area contributed by atoms with E-state index in [-0.39, 0.29) is 6.10 Å². The minimum atomic E-state index is 0.0917. The molecular weight excluding hydrogens is 210 g/mol. The van der Waals surface area contributed by atoms with Gasteiger partial charge in [0.2, 0.25) is 0 Å². The maximum absolute atomic E-state index is 5.71. The summed E-state index contributed by atoms with van der Waals surface area (Å²) in [5.74, 6) is 1.09. The lowest BCUT2D eigenvalue weighted by Gasteiger charge is -2.11. The number of nitrogens with zero attached hydrogens (tertiary/aromatic N) is 1. The molecule has 0 aliphatic carbocycles. The average molecular weight is 227 g/mol. The van der Waals surface area contributed by atoms with Crippen LogP contribution in [0.15, 0.2) is 12.2 Å². The first-order valence-corrected chi connectivity index (χ1v) is 5.58. The molecule has 0 aliphatic rings. The zero-order chi connectivity index (χ0) is 11.4. The van der Waals surface area contributed by atoms with Crippen molar-refractivity contribution < 1.29 is 4.74 Å². The summed E-state index contributed by atoms with van der Waals surface area (Å²) in [6.07, 6.45) is 0.0917. The Labute approximate surface area is 94.3 Å². The second-order valence-corrected chi connectivity index (χ2v) is 4.48. The highest BCUT2D eigenvalue weighted by Crippen LogP contribution is 2.35. The van der Waals surface area contributed by atoms with E-state index in [2.05, 4.69) is 16.3 Å². The molecule has 0 saturated heterocycles. The molecule has 0 atom stereocenters. The van der Waals surface area contributed by atoms with Crippen molar-refractivity contribution in [3.05, 3.63) is 12.2 Å². The number of ether oxygens (including phenoxy) is 1. The van der Waals surface area contributed by atoms with Crippen molar-refractivity contribution in [2.45, 2.75) is 26.9 Å². The molecule has 0 bridgehead atoms. The van der Waals surface area contributed by atoms with Crippen molar-refractivity contribution in [3.63, 3.8) is 0 Å². The third kappa shape index (κ3) is 3.43. The minimum Gasteiger partial charge on any atom is -0.484 e. The molecule has 0 fully saturated rings. The van der Waals surface area contributed by atoms with Crippen LogP contribution in [-0.2, 0) is 0 Å². The first-order chi connectivity index (χ1) is 7.00. The quantitative estimate of drug-likeness (QED) is 0.759. The van der Waals surface area contributed by atoms with Crippen molar-refractivity contribution in [3.8, 4) is 5.75 Å². The fraction of sp³-hybridized carbons (Fsp3) is 0.500. The molecule has 0 aromatic carbocycles. The first kappa shape index (κ1) is 11.8. The smallest absolute Gasteiger partial charge is 0.197 e. The molecule has 1 aromatic rings. The average Bonchev–Trinajstić information content (AvgIpc) is 2.44. The Morgan fingerprint density at radius 2 is 2.33 bits per heavy atom. The Morgan fingerprint density at radius 3 is 2.87 bits per heavy atom. The second-order valence-electron chi connectivity index (χ2n) is 3.70. The zero-order valence-electron chi connectivity index (χ0n) is 9.33. The van der Waals surface area contributed by atoms with Gasteiger partial charge >= 0.3 is 0 Å². The van der Waals surface area contributed by atoms with E-state index in [0.717, 1.165) is 10.6 Å². The Kier molecular flexibility index (Phi) is 3.96. The molecule has 84 valence electrons. The van der Waals surface area contributed by atoms with Gasteiger partial charge in [-0.2, -0.15) is 4.37 Å². The van der Waals surface area contributed by atoms with Gasteiger partial charge in [0, 0.05) is 6.54 Å². The normalized spacial score (nSPS) is 10.4. The number of hydrogen-bond acceptors (Lipinski definition) is 5. The summed E-state index contributed by atoms with van der Waals surface area (Å²) in [4.78, 5) is 0. The van der Waals surface area contributed by atoms with E-state index in [4.69, 9.17) is 10.5 Å². The predicted octanol–water partition coefficient (Wildman–Crippen LogP) is 2.50. The molecule has 4 nitrogen and oxygen atoms in total. The maximum Gasteiger partial charge on any atom is 0.197 e. The van der Waals surface area contributed by atoms with Crippen molar-refractivity contribution in [1.82, 2.24) is 4.37 Å². The van der Waals surface area contributed by atoms with Gasteiger partial charge in [-0.1, -0.05) is 12.2 Å². The summed E-state index contributed by atoms with van der Waals surface area (Å²) in [6.45, 7) is 10.4. The Morgan fingerprint density at radius 1 is 1.67 bits per heavy atom. The largest absolute Gasteiger partial charge is 0.484 e. The van der Waals surface area contributed by atoms with Gasteiger partial charge in [-0.3, -0.25) is 0 Å². The van der Waals surface area contributed by atoms with Gasteiger partial charge in [-0.05, 0) is 32.3 Å². The van der Waals surface area contributed by atoms with Gasteiger partial charge in [-0.15, -0.1) is 0 Å². The summed E-state index contributed by atoms with van der Waals surface area (Å²) in [6, 6.07) is 0. The Balaban J connectivity index is 2.74. The lowest BCUT2D eigenvalue weighted by atomic mass is 10.3. The van der Waals surface area contributed by atoms with Gasteiger partial charge in [0.25, 0.3) is 0 Å². The standard InChI is InChI=1S/C10H17N3OS/c1-6(2)5-12-10-8(14-7(3)4)9(11)13-15-10/h7,12H,1,5H2,2-4H3,(H2,11,13). The monoisotopic (exact) mass is 227 g/mol. The van der Waals surface area contributed by atoms with Gasteiger partial charge < -0.3 is 15.8 Å². The van der Waals surface area contributed by atoms with E-state index in [1.807, 2.05) is 20.8 Å². The third-order valence-corrected chi connectivity index (χ3v) is 2.38. The van der Waals surface area contributed by atoms with E-state index < -0.39 is 0 Å². The van der Waals surface area contributed by atoms with Gasteiger partial charge in [0.15, 0.2) is 16.6 Å². The van der Waals surface area contributed by atoms with Crippen LogP contribution in [0, 0.1) is 0 Å². The molecule has 15 heavy (non-hydrogen) atoms. The van der Waals surface area contributed by atoms with Gasteiger partial charge in [0.1, 0.15) is 0 Å². The van der Waals surface area contributed by atoms with Crippen LogP contribution in [0.3, 0.4) is 0 Å². The molecule has 1 aromatic heterocycles. The lowest BCUT2D eigenvalue weighted by Crippen LogP contribution is -2.09. The number of rotatable bonds is 5. The molecule has 1 heterocycles. The molecule has 5 heteroatoms. The third-order valence-electron chi connectivity index (χ3n) is 1.58. The minimum absolute atomic E-state index is 0.0917. The highest BCUT2D eigenvalue weighted by atomic mass is 32.1. The van der Waals surface area contributed by atoms with E-state index in [0.29, 0.717) is 18.1 Å². The van der Waals surface area contributed by atoms with Crippen LogP contribution < -0.4 is 15.8 Å². The number of nitrogens with one attached hydrogen (secondary N) is 1. The van der Waals surface area contributed by atoms with Crippen molar-refractivity contribution in [2.24, 2.45) is 0 Å². The summed E-state index contributed by atoms with van der Waals surface area (Å²) in [7, 11) is 0. The highest BCUT2D eigenvalue weighted by Gasteiger charge is 2.13. The van der Waals surface area contributed by atoms with Crippen molar-refractivity contribution in [1.29, 1.82) is 0 Å². The van der Waals surface area contributed by atoms with Gasteiger partial charge in [0.05, 0.1) is 6.10 Å². The summed E-state index contributed by atoms with van der Waals surface area (Å²) < 4.78 is 9.63. The van der Waals surface area contributed by atoms with Crippen LogP contribution >= 0.6 is 11.5 Å². The highest BCUT2D eigenvalue weighted by molar-refractivity contribution is 7.11. The van der Waals surface area contributed by atoms with Crippen LogP contribution in [0.2, 0.25) is 0 Å². The molecule has 0 aliphatic heterocycles. The number of nitrogens with two attached hydrogens (primary N) is 1. The van der Waals surface area contributed by atoms with Gasteiger partial charge in [-0.25, -0.2) is 0 Å². The summed E-state index contributed by atoms with van der Waals surface area (Å²) in [5.41, 5.74) is 6.76. The maximum atomic E-state index is 5.71. The number of anilines is 2. The molecule has 0 amide bonds. The van der Waals surface area contributed by atoms with Crippen LogP contribution in [0.5, 0.6) is 5.75 Å². The number of hydrogen-bond donors (Lipinski definition) is 2. The lowest BCUT2D eigenvalue weighted by molar-refractivity contribution is 0.245. The molecule has 0 radical (unpaired) electrons. The van der Waals surface area contributed by atoms with E-state index in [1.165, 1.54) is 11.5 Å². The van der Waals surface area contributed by atoms with E-state index >= 15 is 0 Å². The number of nitrogen functional groups attached to an aromatic ring is 1. The Hall–Kier alpha value is -1.23. The first-order valence-electron chi connectivity index (χ1n) is 4.80. The topological polar surface area (TPSA) is 60.2 Å². The molecule has 0 saturated carbocycles. The van der Waals surface area contributed by atoms with E-state index in [9.17, 15) is 0 Å². The van der Waals surface area contributed by atoms with Crippen LogP contribution in [0.1, 0.15) is 20.8 Å². The van der Waals surface area contributed by atoms with E-state index in [1.54, 1.807) is 0 Å². The Bertz CT molecular complexity index is 346. The molecule has 0 spiro atoms. The van der Waals surface area contributed by atoms with Crippen molar-refractivity contribution >= 4 is 22.4 Å². The molecule has 3 N–H and O–H groups in total. The molecule has 1 rings (SSSR count). The number of aromatic nitrogens is 1.